The van der Waals surface area contributed by atoms with E-state index in [0.717, 1.165) is 16.7 Å². The molecule has 0 radical (unpaired) electrons. The van der Waals surface area contributed by atoms with Crippen molar-refractivity contribution in [1.29, 1.82) is 0 Å². The number of aromatic nitrogens is 1. The Morgan fingerprint density at radius 3 is 2.52 bits per heavy atom. The first-order chi connectivity index (χ1) is 13.2. The SMILES string of the molecule is C=Cc1ccc(COc2ccc3c(c2)O/C(=C/c2ccncc2)C3=O)cc1. The topological polar surface area (TPSA) is 48.4 Å². The fourth-order valence-corrected chi connectivity index (χ4v) is 2.78. The Hall–Kier alpha value is -3.66. The minimum atomic E-state index is -0.131. The maximum Gasteiger partial charge on any atom is 0.231 e. The van der Waals surface area contributed by atoms with Crippen LogP contribution < -0.4 is 9.47 Å². The van der Waals surface area contributed by atoms with Gasteiger partial charge in [0.2, 0.25) is 5.78 Å². The van der Waals surface area contributed by atoms with Gasteiger partial charge in [0.15, 0.2) is 5.76 Å². The molecule has 4 nitrogen and oxygen atoms in total. The molecule has 132 valence electrons. The van der Waals surface area contributed by atoms with E-state index >= 15 is 0 Å². The molecule has 0 aliphatic carbocycles. The number of ketones is 1. The molecule has 4 rings (SSSR count). The second-order valence-corrected chi connectivity index (χ2v) is 6.11. The summed E-state index contributed by atoms with van der Waals surface area (Å²) in [7, 11) is 0. The molecule has 0 fully saturated rings. The molecule has 1 aromatic heterocycles. The lowest BCUT2D eigenvalue weighted by Gasteiger charge is -2.07. The maximum absolute atomic E-state index is 12.5. The van der Waals surface area contributed by atoms with Crippen LogP contribution in [0.5, 0.6) is 11.5 Å². The number of hydrogen-bond acceptors (Lipinski definition) is 4. The van der Waals surface area contributed by atoms with Gasteiger partial charge in [-0.15, -0.1) is 0 Å². The van der Waals surface area contributed by atoms with Crippen LogP contribution >= 0.6 is 0 Å². The summed E-state index contributed by atoms with van der Waals surface area (Å²) in [5.74, 6) is 1.33. The second kappa shape index (κ2) is 7.30. The Kier molecular flexibility index (Phi) is 4.54. The Morgan fingerprint density at radius 1 is 1.00 bits per heavy atom. The molecule has 0 saturated carbocycles. The van der Waals surface area contributed by atoms with Crippen LogP contribution in [-0.4, -0.2) is 10.8 Å². The summed E-state index contributed by atoms with van der Waals surface area (Å²) in [4.78, 5) is 16.5. The van der Waals surface area contributed by atoms with Gasteiger partial charge in [0.25, 0.3) is 0 Å². The van der Waals surface area contributed by atoms with Gasteiger partial charge in [0.05, 0.1) is 5.56 Å². The van der Waals surface area contributed by atoms with Crippen LogP contribution in [0.25, 0.3) is 12.2 Å². The quantitative estimate of drug-likeness (QED) is 0.610. The van der Waals surface area contributed by atoms with E-state index in [4.69, 9.17) is 9.47 Å². The van der Waals surface area contributed by atoms with Crippen LogP contribution in [-0.2, 0) is 6.61 Å². The number of carbonyl (C=O) groups excluding carboxylic acids is 1. The normalized spacial score (nSPS) is 13.9. The number of pyridine rings is 1. The highest BCUT2D eigenvalue weighted by atomic mass is 16.5. The maximum atomic E-state index is 12.5. The molecule has 3 aromatic rings. The molecular weight excluding hydrogens is 338 g/mol. The molecule has 1 aliphatic rings. The Balaban J connectivity index is 1.48. The number of ether oxygens (including phenoxy) is 2. The Labute approximate surface area is 157 Å². The van der Waals surface area contributed by atoms with Crippen molar-refractivity contribution in [2.75, 3.05) is 0 Å². The number of hydrogen-bond donors (Lipinski definition) is 0. The van der Waals surface area contributed by atoms with E-state index in [1.165, 1.54) is 0 Å². The lowest BCUT2D eigenvalue weighted by Crippen LogP contribution is -1.98. The average molecular weight is 355 g/mol. The van der Waals surface area contributed by atoms with Crippen molar-refractivity contribution in [3.8, 4) is 11.5 Å². The van der Waals surface area contributed by atoms with E-state index in [-0.39, 0.29) is 5.78 Å². The van der Waals surface area contributed by atoms with Crippen molar-refractivity contribution >= 4 is 17.9 Å². The first kappa shape index (κ1) is 16.8. The average Bonchev–Trinajstić information content (AvgIpc) is 3.02. The Morgan fingerprint density at radius 2 is 1.78 bits per heavy atom. The molecule has 27 heavy (non-hydrogen) atoms. The van der Waals surface area contributed by atoms with E-state index < -0.39 is 0 Å². The van der Waals surface area contributed by atoms with Crippen LogP contribution in [0.2, 0.25) is 0 Å². The lowest BCUT2D eigenvalue weighted by molar-refractivity contribution is 0.101. The zero-order valence-corrected chi connectivity index (χ0v) is 14.6. The van der Waals surface area contributed by atoms with Crippen molar-refractivity contribution in [2.45, 2.75) is 6.61 Å². The molecule has 0 unspecified atom stereocenters. The molecule has 1 aliphatic heterocycles. The zero-order valence-electron chi connectivity index (χ0n) is 14.6. The van der Waals surface area contributed by atoms with Crippen molar-refractivity contribution in [3.05, 3.63) is 102 Å². The third-order valence-corrected chi connectivity index (χ3v) is 4.27. The summed E-state index contributed by atoms with van der Waals surface area (Å²) < 4.78 is 11.6. The van der Waals surface area contributed by atoms with Gasteiger partial charge in [-0.2, -0.15) is 0 Å². The third-order valence-electron chi connectivity index (χ3n) is 4.27. The smallest absolute Gasteiger partial charge is 0.231 e. The predicted molar refractivity (Wildman–Crippen MR) is 104 cm³/mol. The highest BCUT2D eigenvalue weighted by molar-refractivity contribution is 6.14. The first-order valence-electron chi connectivity index (χ1n) is 8.55. The molecule has 0 atom stereocenters. The van der Waals surface area contributed by atoms with Crippen molar-refractivity contribution in [1.82, 2.24) is 4.98 Å². The number of allylic oxidation sites excluding steroid dienone is 1. The molecule has 0 spiro atoms. The van der Waals surface area contributed by atoms with E-state index in [1.54, 1.807) is 42.7 Å². The van der Waals surface area contributed by atoms with Gasteiger partial charge >= 0.3 is 0 Å². The summed E-state index contributed by atoms with van der Waals surface area (Å²) >= 11 is 0. The van der Waals surface area contributed by atoms with Crippen molar-refractivity contribution in [3.63, 3.8) is 0 Å². The number of carbonyl (C=O) groups is 1. The first-order valence-corrected chi connectivity index (χ1v) is 8.55. The van der Waals surface area contributed by atoms with E-state index in [1.807, 2.05) is 36.4 Å². The standard InChI is InChI=1S/C23H17NO3/c1-2-16-3-5-18(6-4-16)15-26-19-7-8-20-21(14-19)27-22(23(20)25)13-17-9-11-24-12-10-17/h2-14H,1,15H2/b22-13+. The number of nitrogens with zero attached hydrogens (tertiary/aromatic N) is 1. The number of fused-ring (bicyclic) bond motifs is 1. The molecule has 0 N–H and O–H groups in total. The summed E-state index contributed by atoms with van der Waals surface area (Å²) in [6.07, 6.45) is 6.86. The van der Waals surface area contributed by atoms with Gasteiger partial charge in [0, 0.05) is 18.5 Å². The highest BCUT2D eigenvalue weighted by Crippen LogP contribution is 2.35. The number of Topliss-reactive ketones (excluding diaryl/α,β-unsaturated/α-hetero) is 1. The summed E-state index contributed by atoms with van der Waals surface area (Å²) in [5.41, 5.74) is 3.52. The monoisotopic (exact) mass is 355 g/mol. The molecule has 2 heterocycles. The molecular formula is C23H17NO3. The van der Waals surface area contributed by atoms with Gasteiger partial charge in [-0.05, 0) is 47.0 Å². The minimum absolute atomic E-state index is 0.131. The lowest BCUT2D eigenvalue weighted by atomic mass is 10.1. The summed E-state index contributed by atoms with van der Waals surface area (Å²) in [5, 5.41) is 0. The van der Waals surface area contributed by atoms with Crippen LogP contribution in [0.4, 0.5) is 0 Å². The highest BCUT2D eigenvalue weighted by Gasteiger charge is 2.27. The number of benzene rings is 2. The Bertz CT molecular complexity index is 1020. The second-order valence-electron chi connectivity index (χ2n) is 6.11. The van der Waals surface area contributed by atoms with Crippen LogP contribution in [0.1, 0.15) is 27.0 Å². The van der Waals surface area contributed by atoms with Crippen molar-refractivity contribution < 1.29 is 14.3 Å². The largest absolute Gasteiger partial charge is 0.489 e. The molecule has 0 saturated heterocycles. The minimum Gasteiger partial charge on any atom is -0.489 e. The molecule has 0 amide bonds. The molecule has 2 aromatic carbocycles. The predicted octanol–water partition coefficient (Wildman–Crippen LogP) is 4.92. The molecule has 4 heteroatoms. The van der Waals surface area contributed by atoms with Gasteiger partial charge in [-0.1, -0.05) is 36.9 Å². The number of rotatable bonds is 5. The van der Waals surface area contributed by atoms with Crippen LogP contribution in [0.15, 0.2) is 79.3 Å². The van der Waals surface area contributed by atoms with Crippen LogP contribution in [0, 0.1) is 0 Å². The summed E-state index contributed by atoms with van der Waals surface area (Å²) in [6, 6.07) is 16.9. The van der Waals surface area contributed by atoms with Gasteiger partial charge in [-0.3, -0.25) is 9.78 Å². The van der Waals surface area contributed by atoms with Gasteiger partial charge < -0.3 is 9.47 Å². The van der Waals surface area contributed by atoms with Gasteiger partial charge in [-0.25, -0.2) is 0 Å². The van der Waals surface area contributed by atoms with E-state index in [0.29, 0.717) is 29.4 Å². The zero-order chi connectivity index (χ0) is 18.6. The van der Waals surface area contributed by atoms with Crippen molar-refractivity contribution in [2.24, 2.45) is 0 Å². The fraction of sp³-hybridized carbons (Fsp3) is 0.0435. The summed E-state index contributed by atoms with van der Waals surface area (Å²) in [6.45, 7) is 4.18. The molecule has 0 bridgehead atoms. The van der Waals surface area contributed by atoms with E-state index in [9.17, 15) is 4.79 Å². The van der Waals surface area contributed by atoms with Crippen LogP contribution in [0.3, 0.4) is 0 Å². The third kappa shape index (κ3) is 3.65. The fourth-order valence-electron chi connectivity index (χ4n) is 2.78. The van der Waals surface area contributed by atoms with E-state index in [2.05, 4.69) is 11.6 Å². The van der Waals surface area contributed by atoms with Gasteiger partial charge in [0.1, 0.15) is 18.1 Å².